The first-order valence-electron chi connectivity index (χ1n) is 8.16. The molecule has 0 spiro atoms. The SMILES string of the molecule is CN(C#N)c1ccc(-c2ccccc2Nc2ccc(C(F)(F)F)cc2)cc1. The number of para-hydroxylation sites is 1. The van der Waals surface area contributed by atoms with Crippen molar-refractivity contribution >= 4 is 17.1 Å². The van der Waals surface area contributed by atoms with Crippen molar-refractivity contribution in [3.05, 3.63) is 78.4 Å². The number of anilines is 3. The van der Waals surface area contributed by atoms with Crippen LogP contribution in [0.4, 0.5) is 30.2 Å². The summed E-state index contributed by atoms with van der Waals surface area (Å²) in [5.41, 5.74) is 3.27. The standard InChI is InChI=1S/C21H16F3N3/c1-27(14-25)18-12-6-15(7-13-18)19-4-2-3-5-20(19)26-17-10-8-16(9-11-17)21(22,23)24/h2-13,26H,1H3. The third kappa shape index (κ3) is 4.21. The van der Waals surface area contributed by atoms with Gasteiger partial charge in [-0.25, -0.2) is 0 Å². The van der Waals surface area contributed by atoms with Crippen LogP contribution in [0, 0.1) is 11.5 Å². The first-order valence-corrected chi connectivity index (χ1v) is 8.16. The van der Waals surface area contributed by atoms with E-state index in [9.17, 15) is 13.2 Å². The molecule has 0 saturated heterocycles. The van der Waals surface area contributed by atoms with Gasteiger partial charge in [0.25, 0.3) is 0 Å². The molecule has 0 aliphatic rings. The molecule has 1 N–H and O–H groups in total. The van der Waals surface area contributed by atoms with Gasteiger partial charge in [0.15, 0.2) is 6.19 Å². The van der Waals surface area contributed by atoms with Gasteiger partial charge in [0.05, 0.1) is 11.3 Å². The number of nitriles is 1. The lowest BCUT2D eigenvalue weighted by molar-refractivity contribution is -0.137. The average molecular weight is 367 g/mol. The third-order valence-electron chi connectivity index (χ3n) is 4.13. The fourth-order valence-corrected chi connectivity index (χ4v) is 2.66. The number of benzene rings is 3. The summed E-state index contributed by atoms with van der Waals surface area (Å²) in [6.45, 7) is 0. The molecule has 0 atom stereocenters. The van der Waals surface area contributed by atoms with E-state index < -0.39 is 11.7 Å². The van der Waals surface area contributed by atoms with Gasteiger partial charge in [0.2, 0.25) is 0 Å². The number of rotatable bonds is 4. The Morgan fingerprint density at radius 2 is 1.52 bits per heavy atom. The molecule has 0 aromatic heterocycles. The van der Waals surface area contributed by atoms with Crippen molar-refractivity contribution in [1.82, 2.24) is 0 Å². The van der Waals surface area contributed by atoms with Gasteiger partial charge >= 0.3 is 6.18 Å². The van der Waals surface area contributed by atoms with Gasteiger partial charge in [-0.1, -0.05) is 30.3 Å². The fourth-order valence-electron chi connectivity index (χ4n) is 2.66. The zero-order chi connectivity index (χ0) is 19.4. The molecule has 3 nitrogen and oxygen atoms in total. The molecule has 6 heteroatoms. The predicted octanol–water partition coefficient (Wildman–Crippen LogP) is 6.03. The van der Waals surface area contributed by atoms with Crippen molar-refractivity contribution in [3.63, 3.8) is 0 Å². The first kappa shape index (κ1) is 18.3. The zero-order valence-electron chi connectivity index (χ0n) is 14.5. The molecule has 3 aromatic carbocycles. The van der Waals surface area contributed by atoms with Crippen molar-refractivity contribution in [2.75, 3.05) is 17.3 Å². The minimum absolute atomic E-state index is 0.566. The summed E-state index contributed by atoms with van der Waals surface area (Å²) in [6, 6.07) is 19.9. The Bertz CT molecular complexity index is 956. The van der Waals surface area contributed by atoms with E-state index in [1.54, 1.807) is 7.05 Å². The largest absolute Gasteiger partial charge is 0.416 e. The van der Waals surface area contributed by atoms with Gasteiger partial charge in [-0.3, -0.25) is 4.90 Å². The van der Waals surface area contributed by atoms with Gasteiger partial charge in [0, 0.05) is 24.0 Å². The zero-order valence-corrected chi connectivity index (χ0v) is 14.5. The predicted molar refractivity (Wildman–Crippen MR) is 101 cm³/mol. The van der Waals surface area contributed by atoms with Gasteiger partial charge in [-0.05, 0) is 48.0 Å². The molecular formula is C21H16F3N3. The number of halogens is 3. The quantitative estimate of drug-likeness (QED) is 0.452. The van der Waals surface area contributed by atoms with Crippen LogP contribution in [0.1, 0.15) is 5.56 Å². The molecule has 0 aliphatic carbocycles. The highest BCUT2D eigenvalue weighted by molar-refractivity contribution is 5.81. The summed E-state index contributed by atoms with van der Waals surface area (Å²) >= 11 is 0. The highest BCUT2D eigenvalue weighted by Gasteiger charge is 2.29. The van der Waals surface area contributed by atoms with Crippen LogP contribution in [0.5, 0.6) is 0 Å². The normalized spacial score (nSPS) is 10.9. The average Bonchev–Trinajstić information content (AvgIpc) is 2.68. The van der Waals surface area contributed by atoms with E-state index in [-0.39, 0.29) is 0 Å². The molecule has 0 fully saturated rings. The highest BCUT2D eigenvalue weighted by Crippen LogP contribution is 2.33. The van der Waals surface area contributed by atoms with Crippen LogP contribution in [-0.4, -0.2) is 7.05 Å². The molecule has 0 unspecified atom stereocenters. The molecular weight excluding hydrogens is 351 g/mol. The van der Waals surface area contributed by atoms with Crippen LogP contribution in [-0.2, 0) is 6.18 Å². The molecule has 3 rings (SSSR count). The number of alkyl halides is 3. The van der Waals surface area contributed by atoms with Gasteiger partial charge in [0.1, 0.15) is 0 Å². The van der Waals surface area contributed by atoms with Crippen molar-refractivity contribution in [2.45, 2.75) is 6.18 Å². The fraction of sp³-hybridized carbons (Fsp3) is 0.0952. The summed E-state index contributed by atoms with van der Waals surface area (Å²) in [5, 5.41) is 12.1. The molecule has 0 bridgehead atoms. The smallest absolute Gasteiger partial charge is 0.355 e. The lowest BCUT2D eigenvalue weighted by Gasteiger charge is -2.14. The van der Waals surface area contributed by atoms with Crippen molar-refractivity contribution in [2.24, 2.45) is 0 Å². The van der Waals surface area contributed by atoms with Crippen molar-refractivity contribution in [3.8, 4) is 17.3 Å². The summed E-state index contributed by atoms with van der Waals surface area (Å²) in [4.78, 5) is 1.45. The Balaban J connectivity index is 1.87. The molecule has 136 valence electrons. The Morgan fingerprint density at radius 3 is 2.11 bits per heavy atom. The monoisotopic (exact) mass is 367 g/mol. The van der Waals surface area contributed by atoms with E-state index >= 15 is 0 Å². The van der Waals surface area contributed by atoms with E-state index in [2.05, 4.69) is 5.32 Å². The second-order valence-corrected chi connectivity index (χ2v) is 5.95. The Hall–Kier alpha value is -3.46. The third-order valence-corrected chi connectivity index (χ3v) is 4.13. The lowest BCUT2D eigenvalue weighted by atomic mass is 10.0. The summed E-state index contributed by atoms with van der Waals surface area (Å²) < 4.78 is 38.1. The van der Waals surface area contributed by atoms with E-state index in [1.165, 1.54) is 17.0 Å². The van der Waals surface area contributed by atoms with E-state index in [0.29, 0.717) is 5.69 Å². The van der Waals surface area contributed by atoms with Gasteiger partial charge in [-0.15, -0.1) is 0 Å². The Kier molecular flexibility index (Phi) is 5.04. The van der Waals surface area contributed by atoms with Crippen molar-refractivity contribution < 1.29 is 13.2 Å². The second kappa shape index (κ2) is 7.42. The van der Waals surface area contributed by atoms with Crippen LogP contribution in [0.25, 0.3) is 11.1 Å². The van der Waals surface area contributed by atoms with Crippen molar-refractivity contribution in [1.29, 1.82) is 5.26 Å². The van der Waals surface area contributed by atoms with E-state index in [1.807, 2.05) is 54.7 Å². The van der Waals surface area contributed by atoms with Crippen LogP contribution in [0.15, 0.2) is 72.8 Å². The molecule has 0 saturated carbocycles. The summed E-state index contributed by atoms with van der Waals surface area (Å²) in [6.07, 6.45) is -2.31. The minimum atomic E-state index is -4.35. The van der Waals surface area contributed by atoms with Gasteiger partial charge < -0.3 is 5.32 Å². The topological polar surface area (TPSA) is 39.1 Å². The Morgan fingerprint density at radius 1 is 0.889 bits per heavy atom. The Labute approximate surface area is 155 Å². The van der Waals surface area contributed by atoms with E-state index in [0.717, 1.165) is 34.6 Å². The number of nitrogens with one attached hydrogen (secondary N) is 1. The first-order chi connectivity index (χ1) is 12.9. The molecule has 27 heavy (non-hydrogen) atoms. The van der Waals surface area contributed by atoms with Gasteiger partial charge in [-0.2, -0.15) is 18.4 Å². The maximum Gasteiger partial charge on any atom is 0.416 e. The highest BCUT2D eigenvalue weighted by atomic mass is 19.4. The number of nitrogens with zero attached hydrogens (tertiary/aromatic N) is 2. The van der Waals surface area contributed by atoms with Crippen LogP contribution in [0.3, 0.4) is 0 Å². The minimum Gasteiger partial charge on any atom is -0.355 e. The molecule has 0 radical (unpaired) electrons. The lowest BCUT2D eigenvalue weighted by Crippen LogP contribution is -2.07. The molecule has 0 amide bonds. The maximum absolute atomic E-state index is 12.7. The molecule has 3 aromatic rings. The van der Waals surface area contributed by atoms with Crippen LogP contribution in [0.2, 0.25) is 0 Å². The summed E-state index contributed by atoms with van der Waals surface area (Å²) in [7, 11) is 1.68. The molecule has 0 heterocycles. The summed E-state index contributed by atoms with van der Waals surface area (Å²) in [5.74, 6) is 0. The molecule has 0 aliphatic heterocycles. The number of hydrogen-bond acceptors (Lipinski definition) is 3. The second-order valence-electron chi connectivity index (χ2n) is 5.95. The number of hydrogen-bond donors (Lipinski definition) is 1. The maximum atomic E-state index is 12.7. The van der Waals surface area contributed by atoms with E-state index in [4.69, 9.17) is 5.26 Å². The van der Waals surface area contributed by atoms with Crippen LogP contribution < -0.4 is 10.2 Å². The van der Waals surface area contributed by atoms with Crippen LogP contribution >= 0.6 is 0 Å².